The summed E-state index contributed by atoms with van der Waals surface area (Å²) < 4.78 is 0. The Labute approximate surface area is 182 Å². The van der Waals surface area contributed by atoms with Gasteiger partial charge in [-0.25, -0.2) is 4.90 Å². The van der Waals surface area contributed by atoms with Crippen LogP contribution in [-0.4, -0.2) is 25.9 Å². The second kappa shape index (κ2) is 8.11. The minimum atomic E-state index is -0.359. The predicted molar refractivity (Wildman–Crippen MR) is 126 cm³/mol. The first-order chi connectivity index (χ1) is 14.9. The Morgan fingerprint density at radius 2 is 1.48 bits per heavy atom. The van der Waals surface area contributed by atoms with Crippen molar-refractivity contribution in [3.05, 3.63) is 95.2 Å². The highest BCUT2D eigenvalue weighted by Crippen LogP contribution is 2.34. The molecule has 0 radical (unpaired) electrons. The van der Waals surface area contributed by atoms with Crippen molar-refractivity contribution in [1.82, 2.24) is 0 Å². The van der Waals surface area contributed by atoms with E-state index in [9.17, 15) is 9.59 Å². The van der Waals surface area contributed by atoms with E-state index in [4.69, 9.17) is 0 Å². The topological polar surface area (TPSA) is 52.7 Å². The molecular formula is C26H25N3O2. The number of amides is 2. The third kappa shape index (κ3) is 3.82. The fourth-order valence-corrected chi connectivity index (χ4v) is 3.66. The standard InChI is InChI=1S/C26H25N3O2/c1-17-10-11-18(2)22(16-17)27-24-23(19-8-6-5-7-9-19)25(30)29(26(24)31)21-14-12-20(13-15-21)28(3)4/h5-16,27H,1-4H3. The van der Waals surface area contributed by atoms with E-state index < -0.39 is 0 Å². The predicted octanol–water partition coefficient (Wildman–Crippen LogP) is 4.77. The third-order valence-electron chi connectivity index (χ3n) is 5.42. The molecule has 1 heterocycles. The smallest absolute Gasteiger partial charge is 0.282 e. The van der Waals surface area contributed by atoms with Crippen LogP contribution in [0.25, 0.3) is 5.57 Å². The number of nitrogens with zero attached hydrogens (tertiary/aromatic N) is 2. The zero-order valence-electron chi connectivity index (χ0n) is 18.1. The van der Waals surface area contributed by atoms with Crippen molar-refractivity contribution in [1.29, 1.82) is 0 Å². The zero-order chi connectivity index (χ0) is 22.1. The number of anilines is 3. The highest BCUT2D eigenvalue weighted by atomic mass is 16.2. The van der Waals surface area contributed by atoms with Gasteiger partial charge in [0.25, 0.3) is 11.8 Å². The number of hydrogen-bond acceptors (Lipinski definition) is 4. The molecule has 0 saturated heterocycles. The monoisotopic (exact) mass is 411 g/mol. The summed E-state index contributed by atoms with van der Waals surface area (Å²) >= 11 is 0. The summed E-state index contributed by atoms with van der Waals surface area (Å²) in [5.74, 6) is -0.691. The van der Waals surface area contributed by atoms with E-state index in [-0.39, 0.29) is 11.8 Å². The summed E-state index contributed by atoms with van der Waals surface area (Å²) in [6.07, 6.45) is 0. The van der Waals surface area contributed by atoms with Gasteiger partial charge in [0.2, 0.25) is 0 Å². The van der Waals surface area contributed by atoms with Gasteiger partial charge in [0.1, 0.15) is 5.70 Å². The van der Waals surface area contributed by atoms with Gasteiger partial charge in [0.15, 0.2) is 0 Å². The van der Waals surface area contributed by atoms with Crippen LogP contribution in [0.5, 0.6) is 0 Å². The number of imide groups is 1. The molecule has 3 aromatic rings. The van der Waals surface area contributed by atoms with Crippen LogP contribution in [-0.2, 0) is 9.59 Å². The molecule has 156 valence electrons. The van der Waals surface area contributed by atoms with Crippen LogP contribution in [0.3, 0.4) is 0 Å². The molecule has 0 aliphatic carbocycles. The van der Waals surface area contributed by atoms with Crippen molar-refractivity contribution in [2.45, 2.75) is 13.8 Å². The molecule has 0 aromatic heterocycles. The lowest BCUT2D eigenvalue weighted by Crippen LogP contribution is -2.32. The first-order valence-electron chi connectivity index (χ1n) is 10.2. The lowest BCUT2D eigenvalue weighted by atomic mass is 10.0. The van der Waals surface area contributed by atoms with Gasteiger partial charge in [-0.3, -0.25) is 9.59 Å². The first-order valence-corrected chi connectivity index (χ1v) is 10.2. The Hall–Kier alpha value is -3.86. The van der Waals surface area contributed by atoms with Gasteiger partial charge >= 0.3 is 0 Å². The van der Waals surface area contributed by atoms with Crippen molar-refractivity contribution < 1.29 is 9.59 Å². The molecule has 5 heteroatoms. The molecule has 2 amide bonds. The number of carbonyl (C=O) groups is 2. The number of aryl methyl sites for hydroxylation is 2. The molecule has 5 nitrogen and oxygen atoms in total. The normalized spacial score (nSPS) is 13.7. The zero-order valence-corrected chi connectivity index (χ0v) is 18.1. The lowest BCUT2D eigenvalue weighted by Gasteiger charge is -2.18. The number of benzene rings is 3. The molecule has 0 unspecified atom stereocenters. The summed E-state index contributed by atoms with van der Waals surface area (Å²) in [6.45, 7) is 3.97. The van der Waals surface area contributed by atoms with Gasteiger partial charge in [-0.15, -0.1) is 0 Å². The van der Waals surface area contributed by atoms with E-state index in [1.54, 1.807) is 12.1 Å². The molecule has 4 rings (SSSR count). The van der Waals surface area contributed by atoms with E-state index in [1.165, 1.54) is 4.90 Å². The number of nitrogens with one attached hydrogen (secondary N) is 1. The van der Waals surface area contributed by atoms with Gasteiger partial charge in [-0.05, 0) is 60.9 Å². The Morgan fingerprint density at radius 1 is 0.806 bits per heavy atom. The second-order valence-corrected chi connectivity index (χ2v) is 7.92. The van der Waals surface area contributed by atoms with E-state index in [1.807, 2.05) is 93.5 Å². The highest BCUT2D eigenvalue weighted by molar-refractivity contribution is 6.46. The van der Waals surface area contributed by atoms with Gasteiger partial charge in [-0.2, -0.15) is 0 Å². The summed E-state index contributed by atoms with van der Waals surface area (Å²) in [5.41, 5.74) is 5.81. The number of hydrogen-bond donors (Lipinski definition) is 1. The van der Waals surface area contributed by atoms with E-state index >= 15 is 0 Å². The molecular weight excluding hydrogens is 386 g/mol. The Bertz CT molecular complexity index is 1180. The molecule has 1 aliphatic rings. The van der Waals surface area contributed by atoms with Crippen molar-refractivity contribution in [2.24, 2.45) is 0 Å². The van der Waals surface area contributed by atoms with Crippen LogP contribution in [0.4, 0.5) is 17.1 Å². The molecule has 31 heavy (non-hydrogen) atoms. The van der Waals surface area contributed by atoms with Crippen molar-refractivity contribution in [3.8, 4) is 0 Å². The average molecular weight is 412 g/mol. The van der Waals surface area contributed by atoms with Gasteiger partial charge in [0, 0.05) is 25.5 Å². The first kappa shape index (κ1) is 20.4. The molecule has 3 aromatic carbocycles. The van der Waals surface area contributed by atoms with Crippen LogP contribution in [0, 0.1) is 13.8 Å². The van der Waals surface area contributed by atoms with Crippen LogP contribution >= 0.6 is 0 Å². The van der Waals surface area contributed by atoms with Crippen molar-refractivity contribution >= 4 is 34.4 Å². The quantitative estimate of drug-likeness (QED) is 0.615. The maximum atomic E-state index is 13.5. The maximum Gasteiger partial charge on any atom is 0.282 e. The molecule has 0 spiro atoms. The molecule has 1 aliphatic heterocycles. The SMILES string of the molecule is Cc1ccc(C)c(NC2=C(c3ccccc3)C(=O)N(c3ccc(N(C)C)cc3)C2=O)c1. The minimum absolute atomic E-state index is 0.293. The summed E-state index contributed by atoms with van der Waals surface area (Å²) in [4.78, 5) is 30.2. The average Bonchev–Trinajstić information content (AvgIpc) is 3.01. The Kier molecular flexibility index (Phi) is 5.34. The molecule has 0 fully saturated rings. The maximum absolute atomic E-state index is 13.5. The minimum Gasteiger partial charge on any atom is -0.378 e. The Morgan fingerprint density at radius 3 is 2.13 bits per heavy atom. The van der Waals surface area contributed by atoms with E-state index in [0.717, 1.165) is 22.5 Å². The highest BCUT2D eigenvalue weighted by Gasteiger charge is 2.40. The van der Waals surface area contributed by atoms with Crippen LogP contribution < -0.4 is 15.1 Å². The molecule has 0 atom stereocenters. The molecule has 0 saturated carbocycles. The summed E-state index contributed by atoms with van der Waals surface area (Å²) in [6, 6.07) is 22.7. The van der Waals surface area contributed by atoms with Crippen LogP contribution in [0.2, 0.25) is 0 Å². The van der Waals surface area contributed by atoms with Gasteiger partial charge in [-0.1, -0.05) is 42.5 Å². The summed E-state index contributed by atoms with van der Waals surface area (Å²) in [7, 11) is 3.89. The largest absolute Gasteiger partial charge is 0.378 e. The van der Waals surface area contributed by atoms with Crippen LogP contribution in [0.1, 0.15) is 16.7 Å². The molecule has 1 N–H and O–H groups in total. The number of carbonyl (C=O) groups excluding carboxylic acids is 2. The molecule has 0 bridgehead atoms. The summed E-state index contributed by atoms with van der Waals surface area (Å²) in [5, 5.41) is 3.27. The number of rotatable bonds is 5. The third-order valence-corrected chi connectivity index (χ3v) is 5.42. The van der Waals surface area contributed by atoms with E-state index in [0.29, 0.717) is 22.5 Å². The fraction of sp³-hybridized carbons (Fsp3) is 0.154. The fourth-order valence-electron chi connectivity index (χ4n) is 3.66. The Balaban J connectivity index is 1.80. The van der Waals surface area contributed by atoms with Gasteiger partial charge in [0.05, 0.1) is 11.3 Å². The van der Waals surface area contributed by atoms with Crippen molar-refractivity contribution in [2.75, 3.05) is 29.2 Å². The second-order valence-electron chi connectivity index (χ2n) is 7.92. The van der Waals surface area contributed by atoms with Crippen molar-refractivity contribution in [3.63, 3.8) is 0 Å². The van der Waals surface area contributed by atoms with Crippen LogP contribution in [0.15, 0.2) is 78.5 Å². The van der Waals surface area contributed by atoms with Gasteiger partial charge < -0.3 is 10.2 Å². The lowest BCUT2D eigenvalue weighted by molar-refractivity contribution is -0.120. The van der Waals surface area contributed by atoms with E-state index in [2.05, 4.69) is 5.32 Å².